The molecule has 7 heteroatoms. The average molecular weight is 452 g/mol. The number of hydrogen-bond donors (Lipinski definition) is 1. The Kier molecular flexibility index (Phi) is 6.18. The Hall–Kier alpha value is -2.93. The zero-order valence-electron chi connectivity index (χ0n) is 20.1. The van der Waals surface area contributed by atoms with Gasteiger partial charge in [-0.05, 0) is 69.4 Å². The second-order valence-corrected chi connectivity index (χ2v) is 10.2. The van der Waals surface area contributed by atoms with Crippen LogP contribution in [0.1, 0.15) is 63.4 Å². The van der Waals surface area contributed by atoms with Crippen molar-refractivity contribution < 1.29 is 19.1 Å². The number of rotatable bonds is 6. The van der Waals surface area contributed by atoms with E-state index in [1.807, 2.05) is 26.0 Å². The summed E-state index contributed by atoms with van der Waals surface area (Å²) in [6, 6.07) is 9.04. The lowest BCUT2D eigenvalue weighted by molar-refractivity contribution is -0.121. The van der Waals surface area contributed by atoms with Gasteiger partial charge in [0.1, 0.15) is 11.6 Å². The molecule has 0 bridgehead atoms. The van der Waals surface area contributed by atoms with Crippen LogP contribution < -0.4 is 15.0 Å². The van der Waals surface area contributed by atoms with Crippen molar-refractivity contribution >= 4 is 23.3 Å². The lowest BCUT2D eigenvalue weighted by Crippen LogP contribution is -2.49. The van der Waals surface area contributed by atoms with Crippen LogP contribution in [0.3, 0.4) is 0 Å². The summed E-state index contributed by atoms with van der Waals surface area (Å²) in [4.78, 5) is 32.6. The van der Waals surface area contributed by atoms with Crippen molar-refractivity contribution in [1.82, 2.24) is 10.3 Å². The van der Waals surface area contributed by atoms with E-state index in [0.29, 0.717) is 42.9 Å². The molecule has 2 aromatic rings. The zero-order chi connectivity index (χ0) is 23.8. The molecule has 1 aromatic heterocycles. The molecule has 1 N–H and O–H groups in total. The van der Waals surface area contributed by atoms with Crippen LogP contribution in [0.5, 0.6) is 5.75 Å². The first-order valence-electron chi connectivity index (χ1n) is 11.6. The van der Waals surface area contributed by atoms with Crippen molar-refractivity contribution in [3.05, 3.63) is 47.7 Å². The van der Waals surface area contributed by atoms with Gasteiger partial charge in [0.2, 0.25) is 5.91 Å². The molecular formula is C26H33N3O4. The number of amides is 2. The van der Waals surface area contributed by atoms with Crippen molar-refractivity contribution in [2.75, 3.05) is 24.7 Å². The highest BCUT2D eigenvalue weighted by atomic mass is 16.5. The minimum atomic E-state index is -0.787. The largest absolute Gasteiger partial charge is 0.493 e. The molecule has 176 valence electrons. The van der Waals surface area contributed by atoms with Gasteiger partial charge in [-0.3, -0.25) is 14.5 Å². The van der Waals surface area contributed by atoms with Crippen LogP contribution >= 0.6 is 0 Å². The molecule has 2 aliphatic heterocycles. The van der Waals surface area contributed by atoms with E-state index in [4.69, 9.17) is 9.47 Å². The van der Waals surface area contributed by atoms with Crippen LogP contribution in [0.15, 0.2) is 36.5 Å². The smallest absolute Gasteiger partial charge is 0.251 e. The molecule has 3 heterocycles. The number of aromatic nitrogens is 1. The molecule has 0 atom stereocenters. The van der Waals surface area contributed by atoms with Gasteiger partial charge in [-0.25, -0.2) is 4.98 Å². The molecule has 0 spiro atoms. The van der Waals surface area contributed by atoms with Crippen molar-refractivity contribution in [3.8, 4) is 5.75 Å². The molecule has 0 aliphatic carbocycles. The van der Waals surface area contributed by atoms with Crippen molar-refractivity contribution in [2.45, 2.75) is 58.4 Å². The van der Waals surface area contributed by atoms with Gasteiger partial charge in [0, 0.05) is 36.6 Å². The number of anilines is 2. The molecule has 4 rings (SSSR count). The lowest BCUT2D eigenvalue weighted by atomic mass is 9.85. The monoisotopic (exact) mass is 451 g/mol. The number of carbonyl (C=O) groups is 2. The van der Waals surface area contributed by atoms with Crippen LogP contribution in [0.4, 0.5) is 11.5 Å². The summed E-state index contributed by atoms with van der Waals surface area (Å²) in [5.41, 5.74) is 1.03. The first-order valence-corrected chi connectivity index (χ1v) is 11.6. The molecule has 2 aliphatic rings. The topological polar surface area (TPSA) is 80.8 Å². The fraction of sp³-hybridized carbons (Fsp3) is 0.500. The van der Waals surface area contributed by atoms with Gasteiger partial charge in [-0.1, -0.05) is 13.8 Å². The molecule has 7 nitrogen and oxygen atoms in total. The van der Waals surface area contributed by atoms with Gasteiger partial charge in [0.15, 0.2) is 0 Å². The number of pyridine rings is 1. The van der Waals surface area contributed by atoms with E-state index >= 15 is 0 Å². The second kappa shape index (κ2) is 8.78. The van der Waals surface area contributed by atoms with Crippen LogP contribution in [-0.2, 0) is 14.9 Å². The maximum Gasteiger partial charge on any atom is 0.251 e. The summed E-state index contributed by atoms with van der Waals surface area (Å²) < 4.78 is 11.3. The Labute approximate surface area is 195 Å². The standard InChI is InChI=1S/C26H33N3O4/c1-17(2)16-33-19-8-11-27-22(15-19)29-21-7-6-18(14-20(21)25(3,4)24(29)31)23(30)28-26(5)9-12-32-13-10-26/h6-8,11,14-15,17H,9-10,12-13,16H2,1-5H3,(H,28,30). The summed E-state index contributed by atoms with van der Waals surface area (Å²) in [5.74, 6) is 1.36. The maximum atomic E-state index is 13.4. The van der Waals surface area contributed by atoms with Crippen molar-refractivity contribution in [1.29, 1.82) is 0 Å². The molecule has 1 fully saturated rings. The highest BCUT2D eigenvalue weighted by Gasteiger charge is 2.45. The van der Waals surface area contributed by atoms with Gasteiger partial charge in [-0.2, -0.15) is 0 Å². The Morgan fingerprint density at radius 1 is 1.18 bits per heavy atom. The van der Waals surface area contributed by atoms with E-state index in [-0.39, 0.29) is 17.4 Å². The van der Waals surface area contributed by atoms with Crippen LogP contribution in [0, 0.1) is 5.92 Å². The molecule has 2 amide bonds. The summed E-state index contributed by atoms with van der Waals surface area (Å²) in [5, 5.41) is 3.17. The zero-order valence-corrected chi connectivity index (χ0v) is 20.1. The SMILES string of the molecule is CC(C)COc1ccnc(N2C(=O)C(C)(C)c3cc(C(=O)NC4(C)CCOCC4)ccc32)c1. The first-order chi connectivity index (χ1) is 15.6. The Morgan fingerprint density at radius 2 is 1.91 bits per heavy atom. The summed E-state index contributed by atoms with van der Waals surface area (Å²) in [6.45, 7) is 11.9. The van der Waals surface area contributed by atoms with E-state index < -0.39 is 5.41 Å². The molecule has 1 aromatic carbocycles. The maximum absolute atomic E-state index is 13.4. The number of nitrogens with one attached hydrogen (secondary N) is 1. The third-order valence-electron chi connectivity index (χ3n) is 6.45. The number of benzene rings is 1. The van der Waals surface area contributed by atoms with E-state index in [1.54, 1.807) is 29.3 Å². The quantitative estimate of drug-likeness (QED) is 0.705. The van der Waals surface area contributed by atoms with Gasteiger partial charge < -0.3 is 14.8 Å². The number of carbonyl (C=O) groups excluding carboxylic acids is 2. The average Bonchev–Trinajstić information content (AvgIpc) is 2.98. The fourth-order valence-electron chi connectivity index (χ4n) is 4.27. The Bertz CT molecular complexity index is 1060. The number of ether oxygens (including phenoxy) is 2. The van der Waals surface area contributed by atoms with E-state index in [2.05, 4.69) is 31.1 Å². The number of fused-ring (bicyclic) bond motifs is 1. The summed E-state index contributed by atoms with van der Waals surface area (Å²) in [6.07, 6.45) is 3.21. The number of nitrogens with zero attached hydrogens (tertiary/aromatic N) is 2. The fourth-order valence-corrected chi connectivity index (χ4v) is 4.27. The normalized spacial score (nSPS) is 18.8. The Balaban J connectivity index is 1.63. The first kappa shape index (κ1) is 23.2. The van der Waals surface area contributed by atoms with Gasteiger partial charge in [-0.15, -0.1) is 0 Å². The predicted octanol–water partition coefficient (Wildman–Crippen LogP) is 4.37. The second-order valence-electron chi connectivity index (χ2n) is 10.2. The molecule has 0 unspecified atom stereocenters. The molecule has 1 saturated heterocycles. The van der Waals surface area contributed by atoms with Gasteiger partial charge in [0.05, 0.1) is 17.7 Å². The minimum absolute atomic E-state index is 0.0834. The van der Waals surface area contributed by atoms with E-state index in [0.717, 1.165) is 24.1 Å². The van der Waals surface area contributed by atoms with Gasteiger partial charge >= 0.3 is 0 Å². The predicted molar refractivity (Wildman–Crippen MR) is 127 cm³/mol. The van der Waals surface area contributed by atoms with Crippen molar-refractivity contribution in [2.24, 2.45) is 5.92 Å². The molecule has 0 saturated carbocycles. The summed E-state index contributed by atoms with van der Waals surface area (Å²) >= 11 is 0. The van der Waals surface area contributed by atoms with Crippen LogP contribution in [0.2, 0.25) is 0 Å². The third kappa shape index (κ3) is 4.60. The molecular weight excluding hydrogens is 418 g/mol. The number of hydrogen-bond acceptors (Lipinski definition) is 5. The van der Waals surface area contributed by atoms with Crippen molar-refractivity contribution in [3.63, 3.8) is 0 Å². The van der Waals surface area contributed by atoms with Crippen LogP contribution in [-0.4, -0.2) is 42.2 Å². The third-order valence-corrected chi connectivity index (χ3v) is 6.45. The highest BCUT2D eigenvalue weighted by Crippen LogP contribution is 2.45. The van der Waals surface area contributed by atoms with Gasteiger partial charge in [0.25, 0.3) is 5.91 Å². The minimum Gasteiger partial charge on any atom is -0.493 e. The van der Waals surface area contributed by atoms with Crippen LogP contribution in [0.25, 0.3) is 0 Å². The Morgan fingerprint density at radius 3 is 2.61 bits per heavy atom. The summed E-state index contributed by atoms with van der Waals surface area (Å²) in [7, 11) is 0. The lowest BCUT2D eigenvalue weighted by Gasteiger charge is -2.34. The molecule has 0 radical (unpaired) electrons. The van der Waals surface area contributed by atoms with E-state index in [9.17, 15) is 9.59 Å². The molecule has 33 heavy (non-hydrogen) atoms. The highest BCUT2D eigenvalue weighted by molar-refractivity contribution is 6.12. The van der Waals surface area contributed by atoms with E-state index in [1.165, 1.54) is 0 Å².